The van der Waals surface area contributed by atoms with E-state index in [2.05, 4.69) is 0 Å². The Morgan fingerprint density at radius 2 is 1.96 bits per heavy atom. The molecule has 0 bridgehead atoms. The predicted octanol–water partition coefficient (Wildman–Crippen LogP) is 1.12. The third kappa shape index (κ3) is 2.95. The summed E-state index contributed by atoms with van der Waals surface area (Å²) in [5.74, 6) is -1.41. The van der Waals surface area contributed by atoms with E-state index in [1.165, 1.54) is 21.3 Å². The lowest BCUT2D eigenvalue weighted by atomic mass is 10.1. The van der Waals surface area contributed by atoms with Gasteiger partial charge in [0.05, 0.1) is 16.3 Å². The fourth-order valence-corrected chi connectivity index (χ4v) is 5.22. The zero-order valence-corrected chi connectivity index (χ0v) is 15.7. The summed E-state index contributed by atoms with van der Waals surface area (Å²) in [6.07, 6.45) is 1.52. The molecular weight excluding hydrogens is 358 g/mol. The number of rotatable bonds is 6. The molecule has 1 unspecified atom stereocenters. The van der Waals surface area contributed by atoms with Crippen LogP contribution in [0.2, 0.25) is 0 Å². The Hall–Kier alpha value is -2.13. The molecule has 142 valence electrons. The second-order valence-electron chi connectivity index (χ2n) is 6.41. The van der Waals surface area contributed by atoms with Crippen LogP contribution in [0.15, 0.2) is 23.1 Å². The van der Waals surface area contributed by atoms with Crippen LogP contribution < -0.4 is 9.80 Å². The number of hydrogen-bond donors (Lipinski definition) is 1. The minimum Gasteiger partial charge on any atom is -0.480 e. The first kappa shape index (κ1) is 18.7. The van der Waals surface area contributed by atoms with Crippen molar-refractivity contribution in [1.82, 2.24) is 4.31 Å². The van der Waals surface area contributed by atoms with Gasteiger partial charge in [-0.25, -0.2) is 8.42 Å². The number of carboxylic acids is 1. The topological polar surface area (TPSA) is 98.2 Å². The highest BCUT2D eigenvalue weighted by molar-refractivity contribution is 7.89. The molecule has 0 saturated carbocycles. The van der Waals surface area contributed by atoms with Crippen LogP contribution in [0.5, 0.6) is 0 Å². The molecule has 1 amide bonds. The van der Waals surface area contributed by atoms with Gasteiger partial charge >= 0.3 is 5.97 Å². The molecule has 1 N–H and O–H groups in total. The lowest BCUT2D eigenvalue weighted by Gasteiger charge is -2.39. The maximum absolute atomic E-state index is 12.8. The molecule has 1 atom stereocenters. The number of amides is 1. The van der Waals surface area contributed by atoms with Crippen LogP contribution in [-0.4, -0.2) is 61.9 Å². The van der Waals surface area contributed by atoms with Gasteiger partial charge in [0, 0.05) is 19.6 Å². The molecule has 0 aliphatic carbocycles. The molecule has 0 radical (unpaired) electrons. The summed E-state index contributed by atoms with van der Waals surface area (Å²) in [7, 11) is -3.70. The number of nitrogens with zero attached hydrogens (tertiary/aromatic N) is 3. The standard InChI is InChI=1S/C17H23N3O5S/c1-3-18(4-2)26(24,25)12-7-8-13-15(10-12)20(11-16(21)22)17(23)14-6-5-9-19(13)14/h7-8,10,14H,3-6,9,11H2,1-2H3,(H,21,22). The van der Waals surface area contributed by atoms with Crippen molar-refractivity contribution >= 4 is 33.3 Å². The van der Waals surface area contributed by atoms with E-state index in [4.69, 9.17) is 0 Å². The first-order valence-electron chi connectivity index (χ1n) is 8.75. The third-order valence-electron chi connectivity index (χ3n) is 4.99. The Morgan fingerprint density at radius 3 is 2.58 bits per heavy atom. The fourth-order valence-electron chi connectivity index (χ4n) is 3.74. The lowest BCUT2D eigenvalue weighted by Crippen LogP contribution is -2.52. The van der Waals surface area contributed by atoms with Gasteiger partial charge in [-0.1, -0.05) is 13.8 Å². The van der Waals surface area contributed by atoms with E-state index in [-0.39, 0.29) is 16.8 Å². The quantitative estimate of drug-likeness (QED) is 0.793. The van der Waals surface area contributed by atoms with Crippen molar-refractivity contribution in [1.29, 1.82) is 0 Å². The van der Waals surface area contributed by atoms with Crippen LogP contribution in [0, 0.1) is 0 Å². The number of carbonyl (C=O) groups is 2. The average Bonchev–Trinajstić information content (AvgIpc) is 3.08. The summed E-state index contributed by atoms with van der Waals surface area (Å²) >= 11 is 0. The van der Waals surface area contributed by atoms with Crippen molar-refractivity contribution in [2.75, 3.05) is 36.0 Å². The Labute approximate surface area is 153 Å². The number of fused-ring (bicyclic) bond motifs is 3. The highest BCUT2D eigenvalue weighted by Crippen LogP contribution is 2.41. The van der Waals surface area contributed by atoms with Crippen LogP contribution in [0.25, 0.3) is 0 Å². The molecular formula is C17H23N3O5S. The molecule has 1 saturated heterocycles. The molecule has 2 aliphatic rings. The number of sulfonamides is 1. The van der Waals surface area contributed by atoms with Gasteiger partial charge in [0.25, 0.3) is 0 Å². The van der Waals surface area contributed by atoms with Crippen molar-refractivity contribution in [3.8, 4) is 0 Å². The van der Waals surface area contributed by atoms with E-state index in [1.54, 1.807) is 19.9 Å². The molecule has 1 aromatic rings. The molecule has 9 heteroatoms. The highest BCUT2D eigenvalue weighted by atomic mass is 32.2. The number of benzene rings is 1. The maximum atomic E-state index is 12.8. The van der Waals surface area contributed by atoms with Crippen LogP contribution in [0.1, 0.15) is 26.7 Å². The Balaban J connectivity index is 2.12. The Bertz CT molecular complexity index is 835. The van der Waals surface area contributed by atoms with Crippen LogP contribution in [0.3, 0.4) is 0 Å². The van der Waals surface area contributed by atoms with Gasteiger partial charge in [0.2, 0.25) is 15.9 Å². The average molecular weight is 381 g/mol. The van der Waals surface area contributed by atoms with Crippen molar-refractivity contribution < 1.29 is 23.1 Å². The van der Waals surface area contributed by atoms with Crippen molar-refractivity contribution in [3.05, 3.63) is 18.2 Å². The monoisotopic (exact) mass is 381 g/mol. The molecule has 0 spiro atoms. The third-order valence-corrected chi connectivity index (χ3v) is 7.03. The highest BCUT2D eigenvalue weighted by Gasteiger charge is 2.42. The van der Waals surface area contributed by atoms with Gasteiger partial charge in [0.15, 0.2) is 0 Å². The smallest absolute Gasteiger partial charge is 0.323 e. The number of anilines is 2. The first-order valence-corrected chi connectivity index (χ1v) is 10.2. The molecule has 2 heterocycles. The largest absolute Gasteiger partial charge is 0.480 e. The minimum atomic E-state index is -3.70. The minimum absolute atomic E-state index is 0.0702. The molecule has 1 aromatic carbocycles. The van der Waals surface area contributed by atoms with Crippen molar-refractivity contribution in [2.45, 2.75) is 37.6 Å². The molecule has 0 aromatic heterocycles. The van der Waals surface area contributed by atoms with Gasteiger partial charge in [-0.2, -0.15) is 4.31 Å². The van der Waals surface area contributed by atoms with Gasteiger partial charge in [0.1, 0.15) is 12.6 Å². The van der Waals surface area contributed by atoms with Gasteiger partial charge in [-0.3, -0.25) is 14.5 Å². The Kier molecular flexibility index (Phi) is 4.94. The number of hydrogen-bond acceptors (Lipinski definition) is 5. The number of aliphatic carboxylic acids is 1. The van der Waals surface area contributed by atoms with E-state index in [0.29, 0.717) is 37.4 Å². The number of carboxylic acid groups (broad SMARTS) is 1. The molecule has 8 nitrogen and oxygen atoms in total. The summed E-state index contributed by atoms with van der Waals surface area (Å²) in [4.78, 5) is 27.3. The zero-order valence-electron chi connectivity index (χ0n) is 14.9. The molecule has 3 rings (SSSR count). The van der Waals surface area contributed by atoms with E-state index < -0.39 is 22.5 Å². The maximum Gasteiger partial charge on any atom is 0.323 e. The second-order valence-corrected chi connectivity index (χ2v) is 8.35. The van der Waals surface area contributed by atoms with E-state index in [0.717, 1.165) is 6.42 Å². The normalized spacial score (nSPS) is 19.7. The second kappa shape index (κ2) is 6.88. The van der Waals surface area contributed by atoms with E-state index in [1.807, 2.05) is 4.90 Å². The summed E-state index contributed by atoms with van der Waals surface area (Å²) in [6.45, 7) is 4.41. The van der Waals surface area contributed by atoms with Gasteiger partial charge < -0.3 is 10.0 Å². The first-order chi connectivity index (χ1) is 12.3. The molecule has 26 heavy (non-hydrogen) atoms. The van der Waals surface area contributed by atoms with Gasteiger partial charge in [-0.05, 0) is 31.0 Å². The summed E-state index contributed by atoms with van der Waals surface area (Å²) in [5, 5.41) is 9.21. The molecule has 1 fully saturated rings. The van der Waals surface area contributed by atoms with E-state index >= 15 is 0 Å². The number of carbonyl (C=O) groups excluding carboxylic acids is 1. The zero-order chi connectivity index (χ0) is 19.1. The molecule has 2 aliphatic heterocycles. The Morgan fingerprint density at radius 1 is 1.27 bits per heavy atom. The van der Waals surface area contributed by atoms with Crippen molar-refractivity contribution in [2.24, 2.45) is 0 Å². The van der Waals surface area contributed by atoms with Crippen LogP contribution >= 0.6 is 0 Å². The van der Waals surface area contributed by atoms with Crippen LogP contribution in [-0.2, 0) is 19.6 Å². The summed E-state index contributed by atoms with van der Waals surface area (Å²) in [5.41, 5.74) is 1.07. The SMILES string of the molecule is CCN(CC)S(=O)(=O)c1ccc2c(c1)N(CC(=O)O)C(=O)C1CCCN21. The van der Waals surface area contributed by atoms with Crippen molar-refractivity contribution in [3.63, 3.8) is 0 Å². The predicted molar refractivity (Wildman–Crippen MR) is 96.9 cm³/mol. The van der Waals surface area contributed by atoms with E-state index in [9.17, 15) is 23.1 Å². The van der Waals surface area contributed by atoms with Gasteiger partial charge in [-0.15, -0.1) is 0 Å². The fraction of sp³-hybridized carbons (Fsp3) is 0.529. The lowest BCUT2D eigenvalue weighted by molar-refractivity contribution is -0.136. The summed E-state index contributed by atoms with van der Waals surface area (Å²) < 4.78 is 27.0. The van der Waals surface area contributed by atoms with Crippen LogP contribution in [0.4, 0.5) is 11.4 Å². The summed E-state index contributed by atoms with van der Waals surface area (Å²) in [6, 6.07) is 4.28.